The van der Waals surface area contributed by atoms with Crippen LogP contribution in [0.3, 0.4) is 0 Å². The van der Waals surface area contributed by atoms with Crippen molar-refractivity contribution in [1.82, 2.24) is 15.1 Å². The van der Waals surface area contributed by atoms with Gasteiger partial charge in [-0.3, -0.25) is 4.79 Å². The third kappa shape index (κ3) is 4.32. The van der Waals surface area contributed by atoms with Gasteiger partial charge in [0.25, 0.3) is 0 Å². The molecular formula is C13H23N3O5. The summed E-state index contributed by atoms with van der Waals surface area (Å²) in [5.41, 5.74) is 0. The summed E-state index contributed by atoms with van der Waals surface area (Å²) in [4.78, 5) is 37.9. The first-order valence-corrected chi connectivity index (χ1v) is 7.01. The monoisotopic (exact) mass is 301 g/mol. The zero-order chi connectivity index (χ0) is 16.0. The molecule has 0 aromatic heterocycles. The minimum Gasteiger partial charge on any atom is -0.480 e. The van der Waals surface area contributed by atoms with Gasteiger partial charge in [0.15, 0.2) is 0 Å². The minimum atomic E-state index is -1.09. The van der Waals surface area contributed by atoms with Crippen molar-refractivity contribution in [2.24, 2.45) is 0 Å². The van der Waals surface area contributed by atoms with Crippen molar-refractivity contribution in [3.05, 3.63) is 0 Å². The fraction of sp³-hybridized carbons (Fsp3) is 0.769. The number of hydrogen-bond donors (Lipinski definition) is 2. The van der Waals surface area contributed by atoms with Crippen molar-refractivity contribution in [2.45, 2.75) is 32.4 Å². The van der Waals surface area contributed by atoms with Crippen molar-refractivity contribution in [3.8, 4) is 0 Å². The number of amides is 3. The Kier molecular flexibility index (Phi) is 6.41. The Morgan fingerprint density at radius 1 is 1.48 bits per heavy atom. The molecule has 3 amide bonds. The van der Waals surface area contributed by atoms with Gasteiger partial charge in [0.1, 0.15) is 12.1 Å². The molecule has 8 nitrogen and oxygen atoms in total. The number of carbonyl (C=O) groups is 3. The van der Waals surface area contributed by atoms with Gasteiger partial charge in [-0.2, -0.15) is 0 Å². The van der Waals surface area contributed by atoms with Gasteiger partial charge in [-0.1, -0.05) is 6.92 Å². The number of urea groups is 1. The van der Waals surface area contributed by atoms with Crippen molar-refractivity contribution >= 4 is 17.9 Å². The molecule has 1 aliphatic rings. The van der Waals surface area contributed by atoms with Crippen LogP contribution in [0.15, 0.2) is 0 Å². The first-order chi connectivity index (χ1) is 9.90. The number of carbonyl (C=O) groups excluding carboxylic acids is 2. The van der Waals surface area contributed by atoms with Gasteiger partial charge in [0, 0.05) is 20.1 Å². The smallest absolute Gasteiger partial charge is 0.326 e. The molecule has 0 radical (unpaired) electrons. The van der Waals surface area contributed by atoms with Crippen LogP contribution in [0, 0.1) is 0 Å². The van der Waals surface area contributed by atoms with E-state index in [1.54, 1.807) is 0 Å². The van der Waals surface area contributed by atoms with E-state index in [0.717, 1.165) is 11.3 Å². The van der Waals surface area contributed by atoms with Crippen LogP contribution in [0.1, 0.15) is 20.3 Å². The lowest BCUT2D eigenvalue weighted by Gasteiger charge is -2.37. The molecule has 0 aromatic carbocycles. The first-order valence-electron chi connectivity index (χ1n) is 7.01. The molecule has 0 aromatic rings. The molecule has 0 aliphatic carbocycles. The van der Waals surface area contributed by atoms with Crippen molar-refractivity contribution in [1.29, 1.82) is 0 Å². The lowest BCUT2D eigenvalue weighted by atomic mass is 10.2. The van der Waals surface area contributed by atoms with Crippen LogP contribution in [0.25, 0.3) is 0 Å². The third-order valence-corrected chi connectivity index (χ3v) is 3.47. The van der Waals surface area contributed by atoms with Crippen LogP contribution in [-0.4, -0.2) is 78.2 Å². The number of ether oxygens (including phenoxy) is 1. The summed E-state index contributed by atoms with van der Waals surface area (Å²) >= 11 is 0. The van der Waals surface area contributed by atoms with Crippen LogP contribution >= 0.6 is 0 Å². The summed E-state index contributed by atoms with van der Waals surface area (Å²) in [5.74, 6) is -1.37. The van der Waals surface area contributed by atoms with Crippen LogP contribution in [-0.2, 0) is 14.3 Å². The van der Waals surface area contributed by atoms with E-state index in [1.165, 1.54) is 18.9 Å². The average Bonchev–Trinajstić information content (AvgIpc) is 2.50. The second-order valence-electron chi connectivity index (χ2n) is 4.98. The topological polar surface area (TPSA) is 99.2 Å². The predicted molar refractivity (Wildman–Crippen MR) is 74.9 cm³/mol. The lowest BCUT2D eigenvalue weighted by molar-refractivity contribution is -0.141. The van der Waals surface area contributed by atoms with Crippen LogP contribution < -0.4 is 5.32 Å². The number of likely N-dealkylation sites (N-methyl/N-ethyl adjacent to an activating group) is 1. The Labute approximate surface area is 124 Å². The molecule has 8 heteroatoms. The SMILES string of the molecule is CCCNC(=O)C1COCCN1C(=O)N(C)C(C)C(=O)O. The molecule has 120 valence electrons. The number of hydrogen-bond acceptors (Lipinski definition) is 4. The van der Waals surface area contributed by atoms with E-state index in [9.17, 15) is 14.4 Å². The molecule has 0 bridgehead atoms. The molecule has 2 N–H and O–H groups in total. The summed E-state index contributed by atoms with van der Waals surface area (Å²) in [6.07, 6.45) is 0.795. The van der Waals surface area contributed by atoms with E-state index in [2.05, 4.69) is 5.32 Å². The van der Waals surface area contributed by atoms with Crippen molar-refractivity contribution < 1.29 is 24.2 Å². The second kappa shape index (κ2) is 7.82. The minimum absolute atomic E-state index is 0.122. The summed E-state index contributed by atoms with van der Waals surface area (Å²) in [6.45, 7) is 4.60. The average molecular weight is 301 g/mol. The predicted octanol–water partition coefficient (Wildman–Crippen LogP) is -0.262. The van der Waals surface area contributed by atoms with Crippen molar-refractivity contribution in [2.75, 3.05) is 33.4 Å². The van der Waals surface area contributed by atoms with Gasteiger partial charge in [0.05, 0.1) is 13.2 Å². The molecule has 21 heavy (non-hydrogen) atoms. The number of aliphatic carboxylic acids is 1. The molecule has 1 saturated heterocycles. The maximum atomic E-state index is 12.4. The summed E-state index contributed by atoms with van der Waals surface area (Å²) in [6, 6.07) is -2.16. The Hall–Kier alpha value is -1.83. The highest BCUT2D eigenvalue weighted by Crippen LogP contribution is 2.12. The highest BCUT2D eigenvalue weighted by Gasteiger charge is 2.36. The number of carboxylic acid groups (broad SMARTS) is 1. The van der Waals surface area contributed by atoms with Gasteiger partial charge in [0.2, 0.25) is 5.91 Å². The van der Waals surface area contributed by atoms with Gasteiger partial charge in [-0.15, -0.1) is 0 Å². The second-order valence-corrected chi connectivity index (χ2v) is 4.98. The fourth-order valence-electron chi connectivity index (χ4n) is 1.95. The number of rotatable bonds is 5. The van der Waals surface area contributed by atoms with E-state index >= 15 is 0 Å². The van der Waals surface area contributed by atoms with E-state index in [0.29, 0.717) is 13.2 Å². The van der Waals surface area contributed by atoms with Gasteiger partial charge in [-0.25, -0.2) is 9.59 Å². The number of nitrogens with zero attached hydrogens (tertiary/aromatic N) is 2. The Morgan fingerprint density at radius 2 is 2.14 bits per heavy atom. The third-order valence-electron chi connectivity index (χ3n) is 3.47. The number of nitrogens with one attached hydrogen (secondary N) is 1. The van der Waals surface area contributed by atoms with Gasteiger partial charge < -0.3 is 25.0 Å². The molecule has 2 atom stereocenters. The summed E-state index contributed by atoms with van der Waals surface area (Å²) in [7, 11) is 1.41. The van der Waals surface area contributed by atoms with E-state index < -0.39 is 24.1 Å². The fourth-order valence-corrected chi connectivity index (χ4v) is 1.95. The Morgan fingerprint density at radius 3 is 2.71 bits per heavy atom. The Balaban J connectivity index is 2.78. The van der Waals surface area contributed by atoms with Crippen LogP contribution in [0.2, 0.25) is 0 Å². The van der Waals surface area contributed by atoms with E-state index in [1.807, 2.05) is 6.92 Å². The summed E-state index contributed by atoms with van der Waals surface area (Å²) in [5, 5.41) is 11.7. The highest BCUT2D eigenvalue weighted by molar-refractivity contribution is 5.89. The molecule has 1 heterocycles. The summed E-state index contributed by atoms with van der Waals surface area (Å²) < 4.78 is 5.26. The highest BCUT2D eigenvalue weighted by atomic mass is 16.5. The number of carboxylic acids is 1. The lowest BCUT2D eigenvalue weighted by Crippen LogP contribution is -2.60. The maximum Gasteiger partial charge on any atom is 0.326 e. The standard InChI is InChI=1S/C13H23N3O5/c1-4-5-14-11(17)10-8-21-7-6-16(10)13(20)15(3)9(2)12(18)19/h9-10H,4-8H2,1-3H3,(H,14,17)(H,18,19). The zero-order valence-electron chi connectivity index (χ0n) is 12.7. The molecule has 0 spiro atoms. The van der Waals surface area contributed by atoms with Gasteiger partial charge >= 0.3 is 12.0 Å². The van der Waals surface area contributed by atoms with Crippen molar-refractivity contribution in [3.63, 3.8) is 0 Å². The van der Waals surface area contributed by atoms with Gasteiger partial charge in [-0.05, 0) is 13.3 Å². The quantitative estimate of drug-likeness (QED) is 0.729. The van der Waals surface area contributed by atoms with E-state index in [4.69, 9.17) is 9.84 Å². The molecule has 1 aliphatic heterocycles. The molecular weight excluding hydrogens is 278 g/mol. The van der Waals surface area contributed by atoms with E-state index in [-0.39, 0.29) is 19.1 Å². The molecule has 2 unspecified atom stereocenters. The van der Waals surface area contributed by atoms with Crippen LogP contribution in [0.4, 0.5) is 4.79 Å². The Bertz CT molecular complexity index is 401. The zero-order valence-corrected chi connectivity index (χ0v) is 12.7. The largest absolute Gasteiger partial charge is 0.480 e. The maximum absolute atomic E-state index is 12.4. The molecule has 1 rings (SSSR count). The molecule has 1 fully saturated rings. The normalized spacial score (nSPS) is 19.8. The first kappa shape index (κ1) is 17.2. The van der Waals surface area contributed by atoms with Crippen LogP contribution in [0.5, 0.6) is 0 Å². The molecule has 0 saturated carbocycles. The number of morpholine rings is 1.